The van der Waals surface area contributed by atoms with Gasteiger partial charge < -0.3 is 19.9 Å². The summed E-state index contributed by atoms with van der Waals surface area (Å²) < 4.78 is 5.38. The Kier molecular flexibility index (Phi) is 6.66. The number of nitrogens with one attached hydrogen (secondary N) is 2. The highest BCUT2D eigenvalue weighted by Gasteiger charge is 2.16. The monoisotopic (exact) mass is 447 g/mol. The van der Waals surface area contributed by atoms with E-state index in [1.165, 1.54) is 0 Å². The summed E-state index contributed by atoms with van der Waals surface area (Å²) in [5.74, 6) is 0.813. The molecule has 164 valence electrons. The number of aromatic nitrogens is 1. The normalized spacial score (nSPS) is 10.8. The maximum Gasteiger partial charge on any atom is 0.322 e. The number of aromatic amines is 1. The molecule has 0 saturated carbocycles. The van der Waals surface area contributed by atoms with Gasteiger partial charge in [0, 0.05) is 40.9 Å². The zero-order valence-corrected chi connectivity index (χ0v) is 18.9. The van der Waals surface area contributed by atoms with Crippen LogP contribution in [0.3, 0.4) is 0 Å². The van der Waals surface area contributed by atoms with Crippen LogP contribution in [0.25, 0.3) is 10.9 Å². The summed E-state index contributed by atoms with van der Waals surface area (Å²) in [6, 6.07) is 21.2. The van der Waals surface area contributed by atoms with Crippen molar-refractivity contribution in [2.75, 3.05) is 19.0 Å². The molecule has 2 N–H and O–H groups in total. The van der Waals surface area contributed by atoms with E-state index in [-0.39, 0.29) is 6.03 Å². The molecule has 0 aliphatic carbocycles. The quantitative estimate of drug-likeness (QED) is 0.343. The number of halogens is 1. The van der Waals surface area contributed by atoms with E-state index in [0.717, 1.165) is 39.0 Å². The summed E-state index contributed by atoms with van der Waals surface area (Å²) in [5.41, 5.74) is 5.10. The van der Waals surface area contributed by atoms with Crippen LogP contribution in [-0.2, 0) is 13.0 Å². The van der Waals surface area contributed by atoms with Gasteiger partial charge in [-0.3, -0.25) is 0 Å². The van der Waals surface area contributed by atoms with Crippen molar-refractivity contribution in [3.05, 3.63) is 94.6 Å². The minimum absolute atomic E-state index is 0.136. The summed E-state index contributed by atoms with van der Waals surface area (Å²) in [7, 11) is 1.66. The number of urea groups is 1. The molecule has 2 amide bonds. The number of methoxy groups -OCH3 is 1. The number of amides is 2. The first-order chi connectivity index (χ1) is 15.5. The van der Waals surface area contributed by atoms with Gasteiger partial charge in [0.15, 0.2) is 0 Å². The van der Waals surface area contributed by atoms with Gasteiger partial charge in [-0.25, -0.2) is 4.79 Å². The molecule has 3 aromatic carbocycles. The number of hydrogen-bond acceptors (Lipinski definition) is 2. The van der Waals surface area contributed by atoms with Crippen LogP contribution in [0.4, 0.5) is 10.5 Å². The highest BCUT2D eigenvalue weighted by atomic mass is 35.5. The molecule has 0 aliphatic heterocycles. The molecule has 1 heterocycles. The first-order valence-corrected chi connectivity index (χ1v) is 10.9. The van der Waals surface area contributed by atoms with Crippen molar-refractivity contribution >= 4 is 34.2 Å². The molecule has 0 radical (unpaired) electrons. The van der Waals surface area contributed by atoms with Crippen molar-refractivity contribution in [1.82, 2.24) is 9.88 Å². The number of nitrogens with zero attached hydrogens (tertiary/aromatic N) is 1. The summed E-state index contributed by atoms with van der Waals surface area (Å²) in [6.45, 7) is 3.05. The summed E-state index contributed by atoms with van der Waals surface area (Å²) in [6.07, 6.45) is 2.71. The van der Waals surface area contributed by atoms with E-state index in [0.29, 0.717) is 24.5 Å². The third-order valence-electron chi connectivity index (χ3n) is 5.47. The van der Waals surface area contributed by atoms with Gasteiger partial charge in [0.1, 0.15) is 5.75 Å². The van der Waals surface area contributed by atoms with E-state index < -0.39 is 0 Å². The number of carbonyl (C=O) groups is 1. The number of hydrogen-bond donors (Lipinski definition) is 2. The predicted octanol–water partition coefficient (Wildman–Crippen LogP) is 6.42. The number of H-pyrrole nitrogens is 1. The van der Waals surface area contributed by atoms with Crippen molar-refractivity contribution < 1.29 is 9.53 Å². The van der Waals surface area contributed by atoms with E-state index in [1.54, 1.807) is 7.11 Å². The van der Waals surface area contributed by atoms with Crippen LogP contribution in [0, 0.1) is 6.92 Å². The van der Waals surface area contributed by atoms with Gasteiger partial charge in [-0.1, -0.05) is 35.9 Å². The van der Waals surface area contributed by atoms with Gasteiger partial charge in [0.25, 0.3) is 0 Å². The van der Waals surface area contributed by atoms with Crippen LogP contribution in [-0.4, -0.2) is 29.6 Å². The lowest BCUT2D eigenvalue weighted by atomic mass is 10.1. The summed E-state index contributed by atoms with van der Waals surface area (Å²) >= 11 is 6.04. The lowest BCUT2D eigenvalue weighted by Crippen LogP contribution is -2.36. The van der Waals surface area contributed by atoms with Crippen LogP contribution in [0.2, 0.25) is 5.02 Å². The summed E-state index contributed by atoms with van der Waals surface area (Å²) in [5, 5.41) is 4.82. The first kappa shape index (κ1) is 21.8. The number of benzene rings is 3. The first-order valence-electron chi connectivity index (χ1n) is 10.5. The second-order valence-corrected chi connectivity index (χ2v) is 8.26. The van der Waals surface area contributed by atoms with Crippen LogP contribution in [0.15, 0.2) is 72.9 Å². The van der Waals surface area contributed by atoms with Crippen LogP contribution >= 0.6 is 11.6 Å². The summed E-state index contributed by atoms with van der Waals surface area (Å²) in [4.78, 5) is 18.3. The molecule has 0 fully saturated rings. The molecule has 0 spiro atoms. The number of fused-ring (bicyclic) bond motifs is 1. The smallest absolute Gasteiger partial charge is 0.322 e. The lowest BCUT2D eigenvalue weighted by Gasteiger charge is -2.23. The number of anilines is 1. The average molecular weight is 448 g/mol. The lowest BCUT2D eigenvalue weighted by molar-refractivity contribution is 0.210. The van der Waals surface area contributed by atoms with Gasteiger partial charge in [-0.05, 0) is 72.5 Å². The van der Waals surface area contributed by atoms with E-state index in [4.69, 9.17) is 16.3 Å². The largest absolute Gasteiger partial charge is 0.497 e. The Morgan fingerprint density at radius 2 is 1.91 bits per heavy atom. The molecule has 1 aromatic heterocycles. The molecule has 4 rings (SSSR count). The Labute approximate surface area is 193 Å². The molecule has 0 saturated heterocycles. The molecule has 0 atom stereocenters. The zero-order chi connectivity index (χ0) is 22.5. The molecular weight excluding hydrogens is 422 g/mol. The predicted molar refractivity (Wildman–Crippen MR) is 131 cm³/mol. The SMILES string of the molecule is COc1ccc2[nH]cc(CCN(Cc3ccc(Cl)cc3)C(=O)Nc3cccc(C)c3)c2c1. The van der Waals surface area contributed by atoms with Crippen LogP contribution in [0.1, 0.15) is 16.7 Å². The van der Waals surface area contributed by atoms with E-state index in [1.807, 2.05) is 84.8 Å². The minimum Gasteiger partial charge on any atom is -0.497 e. The van der Waals surface area contributed by atoms with Gasteiger partial charge in [-0.15, -0.1) is 0 Å². The van der Waals surface area contributed by atoms with Crippen LogP contribution in [0.5, 0.6) is 5.75 Å². The Balaban J connectivity index is 1.54. The van der Waals surface area contributed by atoms with Gasteiger partial charge in [-0.2, -0.15) is 0 Å². The Morgan fingerprint density at radius 1 is 1.09 bits per heavy atom. The zero-order valence-electron chi connectivity index (χ0n) is 18.2. The third kappa shape index (κ3) is 5.24. The molecule has 0 unspecified atom stereocenters. The molecular formula is C26H26ClN3O2. The number of aryl methyl sites for hydroxylation is 1. The number of rotatable bonds is 7. The Bertz CT molecular complexity index is 1220. The molecule has 6 heteroatoms. The molecule has 32 heavy (non-hydrogen) atoms. The van der Waals surface area contributed by atoms with Gasteiger partial charge in [0.05, 0.1) is 7.11 Å². The van der Waals surface area contributed by atoms with E-state index in [2.05, 4.69) is 10.3 Å². The van der Waals surface area contributed by atoms with Gasteiger partial charge >= 0.3 is 6.03 Å². The number of carbonyl (C=O) groups excluding carboxylic acids is 1. The second-order valence-electron chi connectivity index (χ2n) is 7.82. The Hall–Kier alpha value is -3.44. The topological polar surface area (TPSA) is 57.4 Å². The fourth-order valence-corrected chi connectivity index (χ4v) is 3.86. The van der Waals surface area contributed by atoms with E-state index in [9.17, 15) is 4.79 Å². The standard InChI is InChI=1S/C26H26ClN3O2/c1-18-4-3-5-22(14-18)29-26(31)30(17-19-6-8-21(27)9-7-19)13-12-20-16-28-25-11-10-23(32-2)15-24(20)25/h3-11,14-16,28H,12-13,17H2,1-2H3,(H,29,31). The molecule has 5 nitrogen and oxygen atoms in total. The fraction of sp³-hybridized carbons (Fsp3) is 0.192. The van der Waals surface area contributed by atoms with E-state index >= 15 is 0 Å². The number of ether oxygens (including phenoxy) is 1. The van der Waals surface area contributed by atoms with Crippen molar-refractivity contribution in [2.45, 2.75) is 19.9 Å². The molecule has 4 aromatic rings. The van der Waals surface area contributed by atoms with Crippen LogP contribution < -0.4 is 10.1 Å². The van der Waals surface area contributed by atoms with Crippen molar-refractivity contribution in [1.29, 1.82) is 0 Å². The minimum atomic E-state index is -0.136. The second kappa shape index (κ2) is 9.79. The third-order valence-corrected chi connectivity index (χ3v) is 5.72. The van der Waals surface area contributed by atoms with Gasteiger partial charge in [0.2, 0.25) is 0 Å². The molecule has 0 aliphatic rings. The van der Waals surface area contributed by atoms with Crippen molar-refractivity contribution in [3.8, 4) is 5.75 Å². The highest BCUT2D eigenvalue weighted by molar-refractivity contribution is 6.30. The Morgan fingerprint density at radius 3 is 2.66 bits per heavy atom. The average Bonchev–Trinajstić information content (AvgIpc) is 3.20. The maximum atomic E-state index is 13.2. The highest BCUT2D eigenvalue weighted by Crippen LogP contribution is 2.24. The fourth-order valence-electron chi connectivity index (χ4n) is 3.73. The van der Waals surface area contributed by atoms with Crippen molar-refractivity contribution in [2.24, 2.45) is 0 Å². The maximum absolute atomic E-state index is 13.2. The van der Waals surface area contributed by atoms with Crippen molar-refractivity contribution in [3.63, 3.8) is 0 Å². The molecule has 0 bridgehead atoms.